The van der Waals surface area contributed by atoms with Crippen molar-refractivity contribution in [1.82, 2.24) is 5.43 Å². The lowest BCUT2D eigenvalue weighted by molar-refractivity contribution is 0.252. The molecule has 2 N–H and O–H groups in total. The Morgan fingerprint density at radius 2 is 1.96 bits per heavy atom. The third-order valence-electron chi connectivity index (χ3n) is 3.37. The number of urea groups is 1. The fraction of sp³-hybridized carbons (Fsp3) is 0.0526. The Hall–Kier alpha value is -3.41. The molecular weight excluding hydrogens is 321 g/mol. The van der Waals surface area contributed by atoms with Crippen LogP contribution in [-0.2, 0) is 0 Å². The van der Waals surface area contributed by atoms with Gasteiger partial charge in [-0.15, -0.1) is 0 Å². The van der Waals surface area contributed by atoms with Gasteiger partial charge in [0, 0.05) is 11.3 Å². The highest BCUT2D eigenvalue weighted by molar-refractivity contribution is 5.90. The lowest BCUT2D eigenvalue weighted by atomic mass is 10.2. The van der Waals surface area contributed by atoms with E-state index in [4.69, 9.17) is 4.42 Å². The zero-order chi connectivity index (χ0) is 17.6. The van der Waals surface area contributed by atoms with Gasteiger partial charge >= 0.3 is 6.03 Å². The molecule has 1 heterocycles. The van der Waals surface area contributed by atoms with E-state index in [1.165, 1.54) is 18.3 Å². The highest BCUT2D eigenvalue weighted by Gasteiger charge is 2.05. The standard InChI is InChI=1S/C19H16FN3O2/c1-13-4-2-7-16(10-13)22-19(24)23-21-12-17-8-9-18(25-17)14-5-3-6-15(20)11-14/h2-12H,1H3,(H2,22,23,24)/b21-12+. The molecule has 6 heteroatoms. The molecule has 0 aliphatic heterocycles. The average molecular weight is 337 g/mol. The fourth-order valence-electron chi connectivity index (χ4n) is 2.26. The minimum absolute atomic E-state index is 0.335. The van der Waals surface area contributed by atoms with E-state index in [9.17, 15) is 9.18 Å². The molecule has 126 valence electrons. The van der Waals surface area contributed by atoms with Gasteiger partial charge in [-0.1, -0.05) is 24.3 Å². The first kappa shape index (κ1) is 16.4. The van der Waals surface area contributed by atoms with Gasteiger partial charge in [0.05, 0.1) is 6.21 Å². The van der Waals surface area contributed by atoms with Crippen molar-refractivity contribution in [3.63, 3.8) is 0 Å². The van der Waals surface area contributed by atoms with Crippen molar-refractivity contribution in [2.75, 3.05) is 5.32 Å². The van der Waals surface area contributed by atoms with E-state index < -0.39 is 6.03 Å². The molecular formula is C19H16FN3O2. The summed E-state index contributed by atoms with van der Waals surface area (Å²) in [6, 6.07) is 16.5. The Kier molecular flexibility index (Phi) is 4.89. The first-order chi connectivity index (χ1) is 12.1. The lowest BCUT2D eigenvalue weighted by Gasteiger charge is -2.04. The summed E-state index contributed by atoms with van der Waals surface area (Å²) in [5.74, 6) is 0.624. The molecule has 0 spiro atoms. The highest BCUT2D eigenvalue weighted by Crippen LogP contribution is 2.22. The molecule has 2 aromatic carbocycles. The number of carbonyl (C=O) groups excluding carboxylic acids is 1. The molecule has 0 fully saturated rings. The van der Waals surface area contributed by atoms with Gasteiger partial charge in [0.25, 0.3) is 0 Å². The van der Waals surface area contributed by atoms with Crippen molar-refractivity contribution in [2.45, 2.75) is 6.92 Å². The molecule has 0 bridgehead atoms. The maximum Gasteiger partial charge on any atom is 0.339 e. The van der Waals surface area contributed by atoms with E-state index in [2.05, 4.69) is 15.8 Å². The second-order valence-corrected chi connectivity index (χ2v) is 5.41. The van der Waals surface area contributed by atoms with E-state index in [1.54, 1.807) is 30.3 Å². The van der Waals surface area contributed by atoms with Crippen LogP contribution in [0.1, 0.15) is 11.3 Å². The first-order valence-corrected chi connectivity index (χ1v) is 7.63. The summed E-state index contributed by atoms with van der Waals surface area (Å²) >= 11 is 0. The molecule has 3 rings (SSSR count). The monoisotopic (exact) mass is 337 g/mol. The van der Waals surface area contributed by atoms with Crippen LogP contribution in [0.3, 0.4) is 0 Å². The van der Waals surface area contributed by atoms with Crippen molar-refractivity contribution in [3.8, 4) is 11.3 Å². The normalized spacial score (nSPS) is 10.8. The second kappa shape index (κ2) is 7.44. The van der Waals surface area contributed by atoms with E-state index in [-0.39, 0.29) is 5.82 Å². The Bertz CT molecular complexity index is 918. The Labute approximate surface area is 144 Å². The van der Waals surface area contributed by atoms with Gasteiger partial charge < -0.3 is 9.73 Å². The third kappa shape index (κ3) is 4.54. The smallest absolute Gasteiger partial charge is 0.339 e. The number of hydrogen-bond donors (Lipinski definition) is 2. The highest BCUT2D eigenvalue weighted by atomic mass is 19.1. The van der Waals surface area contributed by atoms with Crippen molar-refractivity contribution in [3.05, 3.63) is 77.8 Å². The van der Waals surface area contributed by atoms with Gasteiger partial charge in [0.15, 0.2) is 0 Å². The molecule has 1 aromatic heterocycles. The molecule has 0 unspecified atom stereocenters. The largest absolute Gasteiger partial charge is 0.455 e. The Morgan fingerprint density at radius 1 is 1.12 bits per heavy atom. The number of rotatable bonds is 4. The van der Waals surface area contributed by atoms with Crippen LogP contribution in [0.4, 0.5) is 14.9 Å². The molecule has 0 aliphatic carbocycles. The minimum atomic E-state index is -0.459. The summed E-state index contributed by atoms with van der Waals surface area (Å²) in [6.45, 7) is 1.94. The SMILES string of the molecule is Cc1cccc(NC(=O)N/N=C/c2ccc(-c3cccc(F)c3)o2)c1. The Morgan fingerprint density at radius 3 is 2.76 bits per heavy atom. The van der Waals surface area contributed by atoms with Gasteiger partial charge in [0.2, 0.25) is 0 Å². The summed E-state index contributed by atoms with van der Waals surface area (Å²) in [5.41, 5.74) is 4.71. The zero-order valence-electron chi connectivity index (χ0n) is 13.5. The number of hydrogen-bond acceptors (Lipinski definition) is 3. The van der Waals surface area contributed by atoms with Gasteiger partial charge in [-0.2, -0.15) is 5.10 Å². The molecule has 0 aliphatic rings. The van der Waals surface area contributed by atoms with Crippen LogP contribution in [0.2, 0.25) is 0 Å². The topological polar surface area (TPSA) is 66.6 Å². The van der Waals surface area contributed by atoms with E-state index in [0.717, 1.165) is 5.56 Å². The van der Waals surface area contributed by atoms with Crippen molar-refractivity contribution < 1.29 is 13.6 Å². The Balaban J connectivity index is 1.58. The van der Waals surface area contributed by atoms with E-state index in [0.29, 0.717) is 22.8 Å². The summed E-state index contributed by atoms with van der Waals surface area (Å²) in [5, 5.41) is 6.50. The fourth-order valence-corrected chi connectivity index (χ4v) is 2.26. The van der Waals surface area contributed by atoms with Gasteiger partial charge in [-0.05, 0) is 48.9 Å². The minimum Gasteiger partial charge on any atom is -0.455 e. The van der Waals surface area contributed by atoms with Crippen molar-refractivity contribution in [2.24, 2.45) is 5.10 Å². The lowest BCUT2D eigenvalue weighted by Crippen LogP contribution is -2.24. The van der Waals surface area contributed by atoms with Crippen molar-refractivity contribution >= 4 is 17.9 Å². The van der Waals surface area contributed by atoms with Crippen molar-refractivity contribution in [1.29, 1.82) is 0 Å². The molecule has 25 heavy (non-hydrogen) atoms. The molecule has 2 amide bonds. The van der Waals surface area contributed by atoms with Gasteiger partial charge in [-0.25, -0.2) is 14.6 Å². The van der Waals surface area contributed by atoms with Crippen LogP contribution >= 0.6 is 0 Å². The number of furan rings is 1. The summed E-state index contributed by atoms with van der Waals surface area (Å²) in [4.78, 5) is 11.8. The third-order valence-corrected chi connectivity index (χ3v) is 3.37. The molecule has 0 saturated heterocycles. The maximum absolute atomic E-state index is 13.2. The number of nitrogens with zero attached hydrogens (tertiary/aromatic N) is 1. The summed E-state index contributed by atoms with van der Waals surface area (Å²) in [7, 11) is 0. The quantitative estimate of drug-likeness (QED) is 0.542. The number of aryl methyl sites for hydroxylation is 1. The first-order valence-electron chi connectivity index (χ1n) is 7.63. The number of nitrogens with one attached hydrogen (secondary N) is 2. The molecule has 0 atom stereocenters. The number of carbonyl (C=O) groups is 1. The van der Waals surface area contributed by atoms with Gasteiger partial charge in [0.1, 0.15) is 17.3 Å². The summed E-state index contributed by atoms with van der Waals surface area (Å²) < 4.78 is 18.8. The van der Waals surface area contributed by atoms with E-state index in [1.807, 2.05) is 25.1 Å². The van der Waals surface area contributed by atoms with Crippen LogP contribution in [-0.4, -0.2) is 12.2 Å². The molecule has 0 saturated carbocycles. The molecule has 5 nitrogen and oxygen atoms in total. The maximum atomic E-state index is 13.2. The number of halogens is 1. The second-order valence-electron chi connectivity index (χ2n) is 5.41. The number of anilines is 1. The number of benzene rings is 2. The van der Waals surface area contributed by atoms with Crippen LogP contribution in [0.15, 0.2) is 70.2 Å². The molecule has 3 aromatic rings. The van der Waals surface area contributed by atoms with Crippen LogP contribution in [0.5, 0.6) is 0 Å². The van der Waals surface area contributed by atoms with E-state index >= 15 is 0 Å². The average Bonchev–Trinajstić information content (AvgIpc) is 3.04. The predicted octanol–water partition coefficient (Wildman–Crippen LogP) is 4.55. The number of hydrazone groups is 1. The number of amides is 2. The van der Waals surface area contributed by atoms with Gasteiger partial charge in [-0.3, -0.25) is 0 Å². The van der Waals surface area contributed by atoms with Crippen LogP contribution in [0.25, 0.3) is 11.3 Å². The zero-order valence-corrected chi connectivity index (χ0v) is 13.5. The van der Waals surface area contributed by atoms with Crippen LogP contribution in [0, 0.1) is 12.7 Å². The molecule has 0 radical (unpaired) electrons. The summed E-state index contributed by atoms with van der Waals surface area (Å²) in [6.07, 6.45) is 1.37. The predicted molar refractivity (Wildman–Crippen MR) is 95.0 cm³/mol. The van der Waals surface area contributed by atoms with Crippen LogP contribution < -0.4 is 10.7 Å².